The molecule has 28 heavy (non-hydrogen) atoms. The molecular weight excluding hydrogens is 452 g/mol. The molecule has 0 aliphatic heterocycles. The molecule has 9 nitrogen and oxygen atoms in total. The maximum atomic E-state index is 12.1. The summed E-state index contributed by atoms with van der Waals surface area (Å²) in [6, 6.07) is 7.86. The Balaban J connectivity index is 0.00000196. The fourth-order valence-corrected chi connectivity index (χ4v) is 2.99. The van der Waals surface area contributed by atoms with Crippen molar-refractivity contribution < 1.29 is 51.1 Å². The van der Waals surface area contributed by atoms with Crippen molar-refractivity contribution in [3.8, 4) is 17.2 Å². The van der Waals surface area contributed by atoms with Gasteiger partial charge in [-0.15, -0.1) is 0 Å². The van der Waals surface area contributed by atoms with Crippen LogP contribution in [0.25, 0.3) is 10.8 Å². The van der Waals surface area contributed by atoms with E-state index in [0.29, 0.717) is 0 Å². The number of hydrogen-bond acceptors (Lipinski definition) is 9. The first-order valence-corrected chi connectivity index (χ1v) is 8.76. The zero-order chi connectivity index (χ0) is 19.1. The van der Waals surface area contributed by atoms with E-state index in [1.54, 1.807) is 0 Å². The molecule has 0 aliphatic rings. The van der Waals surface area contributed by atoms with E-state index >= 15 is 0 Å². The number of phenols is 1. The molecule has 3 rings (SSSR count). The van der Waals surface area contributed by atoms with Crippen LogP contribution < -0.4 is 10.2 Å². The molecule has 146 valence electrons. The Morgan fingerprint density at radius 3 is 2.25 bits per heavy atom. The second kappa shape index (κ2) is 8.75. The van der Waals surface area contributed by atoms with Gasteiger partial charge in [0.2, 0.25) is 0 Å². The molecule has 3 aromatic rings. The van der Waals surface area contributed by atoms with E-state index in [2.05, 4.69) is 10.2 Å². The summed E-state index contributed by atoms with van der Waals surface area (Å²) in [7, 11) is -4.80. The number of nitrogens with zero attached hydrogens (tertiary/aromatic N) is 2. The normalized spacial score (nSPS) is 11.2. The molecule has 0 unspecified atom stereocenters. The van der Waals surface area contributed by atoms with Crippen molar-refractivity contribution in [2.45, 2.75) is 4.90 Å². The van der Waals surface area contributed by atoms with Crippen LogP contribution in [0.15, 0.2) is 57.6 Å². The van der Waals surface area contributed by atoms with Crippen LogP contribution in [0.5, 0.6) is 17.2 Å². The van der Waals surface area contributed by atoms with Gasteiger partial charge in [0, 0.05) is 5.02 Å². The Kier molecular flexibility index (Phi) is 7.39. The van der Waals surface area contributed by atoms with Crippen molar-refractivity contribution in [1.82, 2.24) is 0 Å². The molecule has 0 heterocycles. The first-order valence-electron chi connectivity index (χ1n) is 6.98. The average Bonchev–Trinajstić information content (AvgIpc) is 2.56. The number of fused-ring (bicyclic) bond motifs is 1. The fraction of sp³-hybridized carbons (Fsp3) is 0. The number of rotatable bonds is 3. The smallest absolute Gasteiger partial charge is 0.871 e. The Bertz CT molecular complexity index is 1170. The van der Waals surface area contributed by atoms with Crippen LogP contribution in [-0.2, 0) is 27.5 Å². The Morgan fingerprint density at radius 1 is 0.964 bits per heavy atom. The van der Waals surface area contributed by atoms with Crippen LogP contribution >= 0.6 is 11.6 Å². The van der Waals surface area contributed by atoms with E-state index in [4.69, 9.17) is 11.6 Å². The minimum atomic E-state index is -4.80. The molecule has 0 saturated carbocycles. The molecule has 0 aliphatic carbocycles. The van der Waals surface area contributed by atoms with Gasteiger partial charge in [-0.05, 0) is 29.7 Å². The summed E-state index contributed by atoms with van der Waals surface area (Å²) in [6.07, 6.45) is 0. The van der Waals surface area contributed by atoms with Crippen molar-refractivity contribution in [1.29, 1.82) is 0 Å². The molecule has 0 saturated heterocycles. The number of halogens is 1. The molecule has 0 amide bonds. The van der Waals surface area contributed by atoms with Gasteiger partial charge in [0.05, 0.1) is 21.7 Å². The average molecular weight is 461 g/mol. The van der Waals surface area contributed by atoms with Crippen LogP contribution in [0.2, 0.25) is 5.02 Å². The quantitative estimate of drug-likeness (QED) is 0.460. The topological polar surface area (TPSA) is 178 Å². The molecule has 0 bridgehead atoms. The van der Waals surface area contributed by atoms with E-state index in [1.807, 2.05) is 0 Å². The predicted octanol–water partition coefficient (Wildman–Crippen LogP) is 2.49. The Hall–Kier alpha value is -2.39. The summed E-state index contributed by atoms with van der Waals surface area (Å²) in [5, 5.41) is 41.6. The van der Waals surface area contributed by atoms with Gasteiger partial charge < -0.3 is 25.3 Å². The molecule has 0 radical (unpaired) electrons. The maximum absolute atomic E-state index is 12.1. The van der Waals surface area contributed by atoms with Crippen LogP contribution in [0.1, 0.15) is 0 Å². The van der Waals surface area contributed by atoms with Gasteiger partial charge in [-0.2, -0.15) is 10.2 Å². The van der Waals surface area contributed by atoms with E-state index < -0.39 is 32.3 Å². The van der Waals surface area contributed by atoms with Crippen molar-refractivity contribution >= 4 is 43.9 Å². The van der Waals surface area contributed by atoms with Crippen molar-refractivity contribution in [2.75, 3.05) is 0 Å². The van der Waals surface area contributed by atoms with Crippen molar-refractivity contribution in [3.05, 3.63) is 47.5 Å². The minimum absolute atomic E-state index is 0. The molecule has 3 aromatic carbocycles. The molecule has 0 spiro atoms. The van der Waals surface area contributed by atoms with Crippen molar-refractivity contribution in [2.24, 2.45) is 10.2 Å². The van der Waals surface area contributed by atoms with E-state index in [-0.39, 0.29) is 50.0 Å². The molecule has 0 fully saturated rings. The van der Waals surface area contributed by atoms with Crippen LogP contribution in [0.3, 0.4) is 0 Å². The number of phenolic OH excluding ortho intramolecular Hbond substituents is 1. The van der Waals surface area contributed by atoms with Crippen LogP contribution in [0.4, 0.5) is 11.4 Å². The van der Waals surface area contributed by atoms with Gasteiger partial charge in [-0.3, -0.25) is 0 Å². The molecular formula is C16H9ClCrN2O7S-2. The van der Waals surface area contributed by atoms with Crippen LogP contribution in [-0.4, -0.2) is 23.6 Å². The summed E-state index contributed by atoms with van der Waals surface area (Å²) in [6.45, 7) is 0. The molecule has 0 atom stereocenters. The first kappa shape index (κ1) is 23.7. The third-order valence-corrected chi connectivity index (χ3v) is 4.52. The van der Waals surface area contributed by atoms with Gasteiger partial charge in [-0.25, -0.2) is 8.42 Å². The number of hydrogen-bond donors (Lipinski definition) is 1. The molecule has 2 N–H and O–H groups in total. The summed E-state index contributed by atoms with van der Waals surface area (Å²) in [5.41, 5.74) is -0.429. The largest absolute Gasteiger partial charge is 2.00 e. The SMILES string of the molecule is O=S(=O)([O-])c1cc(O)c2c(N=Nc3cc(Cl)ccc3[O-])c([O-])ccc2c1.[Cr+2].[OH-]. The molecule has 12 heteroatoms. The standard InChI is InChI=1S/C16H11ClN2O6S.Cr.H2O/c17-9-2-4-12(20)11(6-9)18-19-16-13(21)3-1-8-5-10(26(23,24)25)7-14(22)15(8)16;;/h1-7,20-22H,(H,23,24,25);;1H2/q;+2;/p-4. The van der Waals surface area contributed by atoms with Crippen molar-refractivity contribution in [3.63, 3.8) is 0 Å². The van der Waals surface area contributed by atoms with E-state index in [9.17, 15) is 28.3 Å². The monoisotopic (exact) mass is 460 g/mol. The zero-order valence-electron chi connectivity index (χ0n) is 13.6. The zero-order valence-corrected chi connectivity index (χ0v) is 16.4. The summed E-state index contributed by atoms with van der Waals surface area (Å²) in [4.78, 5) is -0.652. The van der Waals surface area contributed by atoms with Gasteiger partial charge in [0.15, 0.2) is 0 Å². The van der Waals surface area contributed by atoms with Gasteiger partial charge in [-0.1, -0.05) is 41.3 Å². The predicted molar refractivity (Wildman–Crippen MR) is 90.0 cm³/mol. The molecule has 0 aromatic heterocycles. The second-order valence-electron chi connectivity index (χ2n) is 5.22. The number of azo groups is 1. The third-order valence-electron chi connectivity index (χ3n) is 3.47. The van der Waals surface area contributed by atoms with E-state index in [0.717, 1.165) is 18.2 Å². The Morgan fingerprint density at radius 2 is 1.61 bits per heavy atom. The van der Waals surface area contributed by atoms with E-state index in [1.165, 1.54) is 24.3 Å². The maximum Gasteiger partial charge on any atom is 2.00 e. The van der Waals surface area contributed by atoms with Gasteiger partial charge in [0.1, 0.15) is 15.9 Å². The third kappa shape index (κ3) is 4.71. The summed E-state index contributed by atoms with van der Waals surface area (Å²) < 4.78 is 33.4. The summed E-state index contributed by atoms with van der Waals surface area (Å²) in [5.74, 6) is -1.73. The minimum Gasteiger partial charge on any atom is -0.871 e. The van der Waals surface area contributed by atoms with Gasteiger partial charge >= 0.3 is 17.4 Å². The fourth-order valence-electron chi connectivity index (χ4n) is 2.30. The van der Waals surface area contributed by atoms with Gasteiger partial charge in [0.25, 0.3) is 0 Å². The first-order chi connectivity index (χ1) is 12.2. The Labute approximate surface area is 174 Å². The number of benzene rings is 3. The summed E-state index contributed by atoms with van der Waals surface area (Å²) >= 11 is 5.78. The number of aromatic hydroxyl groups is 1. The van der Waals surface area contributed by atoms with Crippen LogP contribution in [0, 0.1) is 0 Å². The second-order valence-corrected chi connectivity index (χ2v) is 7.04.